The molecule has 3 heteroatoms. The molecule has 2 rings (SSSR count). The second kappa shape index (κ2) is 7.05. The molecule has 1 heterocycles. The highest BCUT2D eigenvalue weighted by molar-refractivity contribution is 4.90. The lowest BCUT2D eigenvalue weighted by Crippen LogP contribution is -2.55. The first-order valence-corrected chi connectivity index (χ1v) is 8.23. The van der Waals surface area contributed by atoms with Crippen LogP contribution in [-0.4, -0.2) is 42.8 Å². The number of morpholine rings is 1. The number of nitrogens with zero attached hydrogens (tertiary/aromatic N) is 1. The Bertz CT molecular complexity index is 261. The smallest absolute Gasteiger partial charge is 0.0678 e. The minimum Gasteiger partial charge on any atom is -0.373 e. The second-order valence-corrected chi connectivity index (χ2v) is 6.74. The quantitative estimate of drug-likeness (QED) is 0.852. The van der Waals surface area contributed by atoms with Crippen molar-refractivity contribution in [2.24, 2.45) is 17.6 Å². The van der Waals surface area contributed by atoms with Gasteiger partial charge < -0.3 is 10.5 Å². The van der Waals surface area contributed by atoms with Gasteiger partial charge in [-0.3, -0.25) is 4.90 Å². The Morgan fingerprint density at radius 3 is 2.42 bits per heavy atom. The highest BCUT2D eigenvalue weighted by atomic mass is 16.5. The first-order chi connectivity index (χ1) is 9.13. The lowest BCUT2D eigenvalue weighted by Gasteiger charge is -2.46. The van der Waals surface area contributed by atoms with Crippen molar-refractivity contribution in [1.29, 1.82) is 0 Å². The molecule has 2 fully saturated rings. The molecule has 0 bridgehead atoms. The van der Waals surface area contributed by atoms with Crippen LogP contribution in [0, 0.1) is 11.8 Å². The first-order valence-electron chi connectivity index (χ1n) is 8.23. The summed E-state index contributed by atoms with van der Waals surface area (Å²) in [4.78, 5) is 2.68. The van der Waals surface area contributed by atoms with Crippen molar-refractivity contribution in [1.82, 2.24) is 4.90 Å². The zero-order chi connectivity index (χ0) is 13.8. The van der Waals surface area contributed by atoms with Crippen LogP contribution in [0.3, 0.4) is 0 Å². The normalized spacial score (nSPS) is 41.4. The molecule has 0 spiro atoms. The van der Waals surface area contributed by atoms with E-state index in [2.05, 4.69) is 25.7 Å². The van der Waals surface area contributed by atoms with Crippen LogP contribution in [0.25, 0.3) is 0 Å². The summed E-state index contributed by atoms with van der Waals surface area (Å²) in [5.74, 6) is 1.62. The molecule has 0 radical (unpaired) electrons. The van der Waals surface area contributed by atoms with Gasteiger partial charge in [0.2, 0.25) is 0 Å². The average Bonchev–Trinajstić information content (AvgIpc) is 2.38. The fraction of sp³-hybridized carbons (Fsp3) is 1.00. The average molecular weight is 268 g/mol. The highest BCUT2D eigenvalue weighted by Gasteiger charge is 2.36. The molecule has 1 saturated carbocycles. The van der Waals surface area contributed by atoms with Crippen molar-refractivity contribution in [2.45, 2.75) is 71.1 Å². The van der Waals surface area contributed by atoms with Gasteiger partial charge in [0.05, 0.1) is 12.2 Å². The highest BCUT2D eigenvalue weighted by Crippen LogP contribution is 2.35. The van der Waals surface area contributed by atoms with Crippen molar-refractivity contribution in [3.8, 4) is 0 Å². The third-order valence-corrected chi connectivity index (χ3v) is 4.98. The van der Waals surface area contributed by atoms with Crippen LogP contribution in [0.5, 0.6) is 0 Å². The molecule has 1 saturated heterocycles. The monoisotopic (exact) mass is 268 g/mol. The number of rotatable bonds is 4. The molecule has 2 N–H and O–H groups in total. The third-order valence-electron chi connectivity index (χ3n) is 4.98. The van der Waals surface area contributed by atoms with E-state index >= 15 is 0 Å². The van der Waals surface area contributed by atoms with E-state index in [9.17, 15) is 0 Å². The van der Waals surface area contributed by atoms with Gasteiger partial charge in [-0.15, -0.1) is 0 Å². The maximum atomic E-state index is 6.03. The maximum absolute atomic E-state index is 6.03. The Labute approximate surface area is 118 Å². The maximum Gasteiger partial charge on any atom is 0.0678 e. The second-order valence-electron chi connectivity index (χ2n) is 6.74. The Kier molecular flexibility index (Phi) is 5.67. The van der Waals surface area contributed by atoms with Gasteiger partial charge in [0.15, 0.2) is 0 Å². The van der Waals surface area contributed by atoms with Crippen molar-refractivity contribution < 1.29 is 4.74 Å². The summed E-state index contributed by atoms with van der Waals surface area (Å²) >= 11 is 0. The van der Waals surface area contributed by atoms with Gasteiger partial charge in [-0.05, 0) is 45.1 Å². The molecule has 0 aromatic carbocycles. The Morgan fingerprint density at radius 2 is 1.84 bits per heavy atom. The fourth-order valence-corrected chi connectivity index (χ4v) is 4.18. The Balaban J connectivity index is 2.00. The summed E-state index contributed by atoms with van der Waals surface area (Å²) < 4.78 is 5.88. The molecule has 0 aromatic rings. The molecular formula is C16H32N2O. The molecule has 3 nitrogen and oxygen atoms in total. The molecule has 19 heavy (non-hydrogen) atoms. The summed E-state index contributed by atoms with van der Waals surface area (Å²) in [6.45, 7) is 9.74. The lowest BCUT2D eigenvalue weighted by atomic mass is 9.75. The molecule has 5 atom stereocenters. The number of hydrogen-bond donors (Lipinski definition) is 1. The van der Waals surface area contributed by atoms with Gasteiger partial charge in [-0.2, -0.15) is 0 Å². The van der Waals surface area contributed by atoms with Crippen LogP contribution < -0.4 is 5.73 Å². The van der Waals surface area contributed by atoms with Gasteiger partial charge >= 0.3 is 0 Å². The van der Waals surface area contributed by atoms with E-state index in [1.54, 1.807) is 0 Å². The van der Waals surface area contributed by atoms with Gasteiger partial charge in [0, 0.05) is 19.1 Å². The van der Waals surface area contributed by atoms with Crippen molar-refractivity contribution in [2.75, 3.05) is 19.6 Å². The molecule has 112 valence electrons. The van der Waals surface area contributed by atoms with Gasteiger partial charge in [-0.25, -0.2) is 0 Å². The summed E-state index contributed by atoms with van der Waals surface area (Å²) in [6, 6.07) is 0.698. The standard InChI is InChI=1S/C16H32N2O/c1-4-5-14-6-7-15(9-17)16(8-14)18-10-12(2)19-13(3)11-18/h12-16H,4-11,17H2,1-3H3/t12-,13+,14?,15?,16?. The predicted molar refractivity (Wildman–Crippen MR) is 80.2 cm³/mol. The number of ether oxygens (including phenoxy) is 1. The Hall–Kier alpha value is -0.120. The molecule has 2 aliphatic rings. The van der Waals surface area contributed by atoms with E-state index in [-0.39, 0.29) is 0 Å². The minimum absolute atomic E-state index is 0.369. The van der Waals surface area contributed by atoms with Crippen LogP contribution in [-0.2, 0) is 4.74 Å². The summed E-state index contributed by atoms with van der Waals surface area (Å²) in [6.07, 6.45) is 7.52. The fourth-order valence-electron chi connectivity index (χ4n) is 4.18. The SMILES string of the molecule is CCCC1CCC(CN)C(N2C[C@@H](C)O[C@@H](C)C2)C1. The van der Waals surface area contributed by atoms with Crippen LogP contribution >= 0.6 is 0 Å². The zero-order valence-electron chi connectivity index (χ0n) is 13.0. The van der Waals surface area contributed by atoms with Crippen molar-refractivity contribution in [3.63, 3.8) is 0 Å². The third kappa shape index (κ3) is 3.93. The first kappa shape index (κ1) is 15.3. The predicted octanol–water partition coefficient (Wildman–Crippen LogP) is 2.64. The van der Waals surface area contributed by atoms with E-state index in [1.807, 2.05) is 0 Å². The van der Waals surface area contributed by atoms with E-state index in [0.717, 1.165) is 25.6 Å². The van der Waals surface area contributed by atoms with Crippen LogP contribution in [0.4, 0.5) is 0 Å². The van der Waals surface area contributed by atoms with Crippen molar-refractivity contribution in [3.05, 3.63) is 0 Å². The molecule has 0 aromatic heterocycles. The summed E-state index contributed by atoms with van der Waals surface area (Å²) in [7, 11) is 0. The van der Waals surface area contributed by atoms with Crippen LogP contribution in [0.15, 0.2) is 0 Å². The van der Waals surface area contributed by atoms with E-state index in [4.69, 9.17) is 10.5 Å². The number of hydrogen-bond acceptors (Lipinski definition) is 3. The van der Waals surface area contributed by atoms with Gasteiger partial charge in [0.25, 0.3) is 0 Å². The number of nitrogens with two attached hydrogens (primary N) is 1. The molecule has 3 unspecified atom stereocenters. The van der Waals surface area contributed by atoms with Gasteiger partial charge in [0.1, 0.15) is 0 Å². The van der Waals surface area contributed by atoms with Crippen molar-refractivity contribution >= 4 is 0 Å². The Morgan fingerprint density at radius 1 is 1.16 bits per heavy atom. The summed E-state index contributed by atoms with van der Waals surface area (Å²) in [5.41, 5.74) is 6.03. The summed E-state index contributed by atoms with van der Waals surface area (Å²) in [5, 5.41) is 0. The molecule has 1 aliphatic carbocycles. The zero-order valence-corrected chi connectivity index (χ0v) is 13.0. The molecular weight excluding hydrogens is 236 g/mol. The van der Waals surface area contributed by atoms with Crippen LogP contribution in [0.2, 0.25) is 0 Å². The minimum atomic E-state index is 0.369. The topological polar surface area (TPSA) is 38.5 Å². The molecule has 0 amide bonds. The van der Waals surface area contributed by atoms with E-state index in [0.29, 0.717) is 24.2 Å². The van der Waals surface area contributed by atoms with Gasteiger partial charge in [-0.1, -0.05) is 26.2 Å². The van der Waals surface area contributed by atoms with E-state index in [1.165, 1.54) is 32.1 Å². The van der Waals surface area contributed by atoms with E-state index < -0.39 is 0 Å². The van der Waals surface area contributed by atoms with Crippen LogP contribution in [0.1, 0.15) is 52.9 Å². The largest absolute Gasteiger partial charge is 0.373 e. The molecule has 1 aliphatic heterocycles. The lowest BCUT2D eigenvalue weighted by molar-refractivity contribution is -0.0940.